The molecule has 0 saturated carbocycles. The van der Waals surface area contributed by atoms with E-state index in [1.54, 1.807) is 0 Å². The van der Waals surface area contributed by atoms with Crippen molar-refractivity contribution >= 4 is 43.1 Å². The molecule has 0 aliphatic heterocycles. The van der Waals surface area contributed by atoms with Crippen LogP contribution in [0.15, 0.2) is 200 Å². The van der Waals surface area contributed by atoms with Crippen molar-refractivity contribution in [3.63, 3.8) is 0 Å². The molecular weight excluding hydrogens is 715 g/mol. The molecule has 1 spiro atoms. The van der Waals surface area contributed by atoms with E-state index in [9.17, 15) is 0 Å². The predicted molar refractivity (Wildman–Crippen MR) is 242 cm³/mol. The summed E-state index contributed by atoms with van der Waals surface area (Å²) in [5, 5.41) is 9.68. The van der Waals surface area contributed by atoms with Gasteiger partial charge in [-0.15, -0.1) is 0 Å². The summed E-state index contributed by atoms with van der Waals surface area (Å²) in [6.07, 6.45) is 0. The Morgan fingerprint density at radius 3 is 1.29 bits per heavy atom. The summed E-state index contributed by atoms with van der Waals surface area (Å²) in [5.41, 5.74) is 12.7. The molecule has 13 rings (SSSR count). The molecule has 1 aromatic heterocycles. The van der Waals surface area contributed by atoms with Gasteiger partial charge in [-0.25, -0.2) is 15.0 Å². The second-order valence-electron chi connectivity index (χ2n) is 15.8. The van der Waals surface area contributed by atoms with E-state index in [1.165, 1.54) is 82.2 Å². The molecule has 0 N–H and O–H groups in total. The normalized spacial score (nSPS) is 13.2. The monoisotopic (exact) mass is 747 g/mol. The number of aromatic nitrogens is 3. The molecule has 0 radical (unpaired) electrons. The molecule has 3 nitrogen and oxygen atoms in total. The Hall–Kier alpha value is -7.75. The zero-order valence-corrected chi connectivity index (χ0v) is 31.9. The Morgan fingerprint density at radius 2 is 0.678 bits per heavy atom. The van der Waals surface area contributed by atoms with Crippen LogP contribution in [0, 0.1) is 0 Å². The molecule has 0 unspecified atom stereocenters. The standard InChI is InChI=1S/C56H33N3/c1-2-16-34(17-3-1)53-57-54(35-30-31-43-42-24-12-15-29-50(42)56(51(43)32-35)48-27-13-10-22-40(48)41-23-11-14-28-49(41)56)59-55(58-53)47-33-46-38-20-5-4-18-36(38)37-19-6-8-25-44(37)52(46)45-26-9-7-21-39(45)47/h1-33H. The third-order valence-corrected chi connectivity index (χ3v) is 12.9. The molecule has 11 aromatic rings. The van der Waals surface area contributed by atoms with Crippen LogP contribution in [-0.2, 0) is 5.41 Å². The first-order valence-corrected chi connectivity index (χ1v) is 20.3. The van der Waals surface area contributed by atoms with Crippen LogP contribution < -0.4 is 0 Å². The smallest absolute Gasteiger partial charge is 0.164 e. The number of rotatable bonds is 3. The number of benzene rings is 10. The maximum absolute atomic E-state index is 5.45. The summed E-state index contributed by atoms with van der Waals surface area (Å²) in [5.74, 6) is 1.95. The lowest BCUT2D eigenvalue weighted by Crippen LogP contribution is -2.25. The predicted octanol–water partition coefficient (Wildman–Crippen LogP) is 13.8. The summed E-state index contributed by atoms with van der Waals surface area (Å²) in [6.45, 7) is 0. The van der Waals surface area contributed by atoms with E-state index in [2.05, 4.69) is 182 Å². The van der Waals surface area contributed by atoms with E-state index in [-0.39, 0.29) is 0 Å². The third-order valence-electron chi connectivity index (χ3n) is 12.9. The molecule has 0 bridgehead atoms. The average Bonchev–Trinajstić information content (AvgIpc) is 3.78. The Labute approximate surface area is 341 Å². The maximum Gasteiger partial charge on any atom is 0.164 e. The molecule has 0 atom stereocenters. The van der Waals surface area contributed by atoms with Crippen molar-refractivity contribution < 1.29 is 0 Å². The number of fused-ring (bicyclic) bond motifs is 18. The topological polar surface area (TPSA) is 38.7 Å². The Bertz CT molecular complexity index is 3500. The zero-order chi connectivity index (χ0) is 38.7. The van der Waals surface area contributed by atoms with Crippen LogP contribution in [-0.4, -0.2) is 15.0 Å². The van der Waals surface area contributed by atoms with Gasteiger partial charge in [-0.1, -0.05) is 188 Å². The minimum Gasteiger partial charge on any atom is -0.208 e. The molecule has 3 heteroatoms. The van der Waals surface area contributed by atoms with Crippen LogP contribution in [0.25, 0.3) is 99.5 Å². The van der Waals surface area contributed by atoms with Gasteiger partial charge in [0.2, 0.25) is 0 Å². The highest BCUT2D eigenvalue weighted by Crippen LogP contribution is 2.63. The second kappa shape index (κ2) is 12.1. The highest BCUT2D eigenvalue weighted by Gasteiger charge is 2.51. The van der Waals surface area contributed by atoms with Gasteiger partial charge in [0.15, 0.2) is 17.5 Å². The molecule has 59 heavy (non-hydrogen) atoms. The van der Waals surface area contributed by atoms with E-state index in [1.807, 2.05) is 18.2 Å². The quantitative estimate of drug-likeness (QED) is 0.169. The lowest BCUT2D eigenvalue weighted by atomic mass is 9.70. The van der Waals surface area contributed by atoms with Crippen molar-refractivity contribution in [2.45, 2.75) is 5.41 Å². The van der Waals surface area contributed by atoms with Gasteiger partial charge < -0.3 is 0 Å². The Kier molecular flexibility index (Phi) is 6.65. The highest BCUT2D eigenvalue weighted by atomic mass is 15.0. The first-order chi connectivity index (χ1) is 29.3. The highest BCUT2D eigenvalue weighted by molar-refractivity contribution is 6.32. The average molecular weight is 748 g/mol. The van der Waals surface area contributed by atoms with Crippen LogP contribution in [0.2, 0.25) is 0 Å². The Balaban J connectivity index is 1.10. The minimum atomic E-state index is -0.467. The van der Waals surface area contributed by atoms with Crippen molar-refractivity contribution in [2.24, 2.45) is 0 Å². The minimum absolute atomic E-state index is 0.467. The lowest BCUT2D eigenvalue weighted by Gasteiger charge is -2.30. The molecule has 2 aliphatic rings. The van der Waals surface area contributed by atoms with E-state index in [0.717, 1.165) is 22.1 Å². The van der Waals surface area contributed by atoms with Gasteiger partial charge in [0.1, 0.15) is 0 Å². The van der Waals surface area contributed by atoms with Gasteiger partial charge >= 0.3 is 0 Å². The third kappa shape index (κ3) is 4.39. The molecule has 0 amide bonds. The second-order valence-corrected chi connectivity index (χ2v) is 15.8. The maximum atomic E-state index is 5.45. The van der Waals surface area contributed by atoms with E-state index < -0.39 is 5.41 Å². The van der Waals surface area contributed by atoms with Crippen LogP contribution in [0.1, 0.15) is 22.3 Å². The lowest BCUT2D eigenvalue weighted by molar-refractivity contribution is 0.794. The van der Waals surface area contributed by atoms with Gasteiger partial charge in [-0.3, -0.25) is 0 Å². The van der Waals surface area contributed by atoms with E-state index in [4.69, 9.17) is 15.0 Å². The van der Waals surface area contributed by atoms with E-state index >= 15 is 0 Å². The summed E-state index contributed by atoms with van der Waals surface area (Å²) < 4.78 is 0. The molecule has 10 aromatic carbocycles. The SMILES string of the molecule is c1ccc(-c2nc(-c3ccc4c(c3)C3(c5ccccc5-c5ccccc53)c3ccccc3-4)nc(-c3cc4c5ccccc5c5ccccc5c4c4ccccc34)n2)cc1. The zero-order valence-electron chi connectivity index (χ0n) is 31.9. The summed E-state index contributed by atoms with van der Waals surface area (Å²) in [4.78, 5) is 16.1. The largest absolute Gasteiger partial charge is 0.208 e. The fourth-order valence-electron chi connectivity index (χ4n) is 10.5. The first kappa shape index (κ1) is 32.3. The van der Waals surface area contributed by atoms with Gasteiger partial charge in [-0.05, 0) is 99.7 Å². The molecule has 272 valence electrons. The van der Waals surface area contributed by atoms with Gasteiger partial charge in [-0.2, -0.15) is 0 Å². The summed E-state index contributed by atoms with van der Waals surface area (Å²) in [6, 6.07) is 72.5. The van der Waals surface area contributed by atoms with Crippen LogP contribution >= 0.6 is 0 Å². The molecular formula is C56H33N3. The fraction of sp³-hybridized carbons (Fsp3) is 0.0179. The van der Waals surface area contributed by atoms with Crippen molar-refractivity contribution in [3.05, 3.63) is 222 Å². The van der Waals surface area contributed by atoms with Crippen LogP contribution in [0.3, 0.4) is 0 Å². The molecule has 1 heterocycles. The number of nitrogens with zero attached hydrogens (tertiary/aromatic N) is 3. The molecule has 0 fully saturated rings. The Morgan fingerprint density at radius 1 is 0.254 bits per heavy atom. The first-order valence-electron chi connectivity index (χ1n) is 20.3. The summed E-state index contributed by atoms with van der Waals surface area (Å²) in [7, 11) is 0. The van der Waals surface area contributed by atoms with Crippen molar-refractivity contribution in [1.82, 2.24) is 15.0 Å². The fourth-order valence-corrected chi connectivity index (χ4v) is 10.5. The van der Waals surface area contributed by atoms with Gasteiger partial charge in [0, 0.05) is 16.7 Å². The number of hydrogen-bond donors (Lipinski definition) is 0. The molecule has 2 aliphatic carbocycles. The molecule has 0 saturated heterocycles. The van der Waals surface area contributed by atoms with E-state index in [0.29, 0.717) is 17.5 Å². The summed E-state index contributed by atoms with van der Waals surface area (Å²) >= 11 is 0. The van der Waals surface area contributed by atoms with Crippen LogP contribution in [0.4, 0.5) is 0 Å². The van der Waals surface area contributed by atoms with Crippen molar-refractivity contribution in [3.8, 4) is 56.4 Å². The van der Waals surface area contributed by atoms with Crippen LogP contribution in [0.5, 0.6) is 0 Å². The van der Waals surface area contributed by atoms with Crippen molar-refractivity contribution in [1.29, 1.82) is 0 Å². The van der Waals surface area contributed by atoms with Gasteiger partial charge in [0.05, 0.1) is 5.41 Å². The van der Waals surface area contributed by atoms with Gasteiger partial charge in [0.25, 0.3) is 0 Å². The van der Waals surface area contributed by atoms with Crippen molar-refractivity contribution in [2.75, 3.05) is 0 Å². The number of hydrogen-bond acceptors (Lipinski definition) is 3.